The Labute approximate surface area is 148 Å². The second kappa shape index (κ2) is 7.88. The minimum atomic E-state index is -0.726. The standard InChI is InChI=1S/C19H17F2N3O2/c20-14-7-6-13(15(21)9-14)10-23-18(25)17-11-26-19(24-17)16(22)8-12-4-2-1-3-5-12/h1-7,9,11,16H,8,10,22H2,(H,23,25). The van der Waals surface area contributed by atoms with E-state index in [1.807, 2.05) is 30.3 Å². The Balaban J connectivity index is 1.60. The third kappa shape index (κ3) is 4.31. The van der Waals surface area contributed by atoms with Gasteiger partial charge < -0.3 is 15.5 Å². The Bertz CT molecular complexity index is 897. The van der Waals surface area contributed by atoms with Gasteiger partial charge >= 0.3 is 0 Å². The van der Waals surface area contributed by atoms with Crippen molar-refractivity contribution in [3.63, 3.8) is 0 Å². The van der Waals surface area contributed by atoms with E-state index < -0.39 is 23.6 Å². The second-order valence-electron chi connectivity index (χ2n) is 5.79. The fourth-order valence-corrected chi connectivity index (χ4v) is 2.45. The van der Waals surface area contributed by atoms with Crippen molar-refractivity contribution in [2.24, 2.45) is 5.73 Å². The van der Waals surface area contributed by atoms with Crippen LogP contribution in [0.25, 0.3) is 0 Å². The van der Waals surface area contributed by atoms with Crippen LogP contribution >= 0.6 is 0 Å². The molecular weight excluding hydrogens is 340 g/mol. The molecule has 3 N–H and O–H groups in total. The highest BCUT2D eigenvalue weighted by atomic mass is 19.1. The lowest BCUT2D eigenvalue weighted by molar-refractivity contribution is 0.0945. The minimum Gasteiger partial charge on any atom is -0.446 e. The van der Waals surface area contributed by atoms with E-state index in [4.69, 9.17) is 10.2 Å². The summed E-state index contributed by atoms with van der Waals surface area (Å²) in [5.41, 5.74) is 7.31. The molecule has 3 aromatic rings. The molecule has 1 amide bonds. The molecule has 0 aliphatic heterocycles. The molecule has 0 aliphatic rings. The summed E-state index contributed by atoms with van der Waals surface area (Å²) in [5, 5.41) is 2.51. The lowest BCUT2D eigenvalue weighted by atomic mass is 10.1. The summed E-state index contributed by atoms with van der Waals surface area (Å²) in [4.78, 5) is 16.2. The van der Waals surface area contributed by atoms with Gasteiger partial charge in [-0.2, -0.15) is 0 Å². The monoisotopic (exact) mass is 357 g/mol. The van der Waals surface area contributed by atoms with E-state index in [2.05, 4.69) is 10.3 Å². The first kappa shape index (κ1) is 17.8. The third-order valence-corrected chi connectivity index (χ3v) is 3.82. The number of hydrogen-bond acceptors (Lipinski definition) is 4. The van der Waals surface area contributed by atoms with E-state index in [9.17, 15) is 13.6 Å². The van der Waals surface area contributed by atoms with Gasteiger partial charge in [0.25, 0.3) is 5.91 Å². The van der Waals surface area contributed by atoms with E-state index in [1.54, 1.807) is 0 Å². The van der Waals surface area contributed by atoms with Gasteiger partial charge in [-0.25, -0.2) is 13.8 Å². The molecular formula is C19H17F2N3O2. The highest BCUT2D eigenvalue weighted by molar-refractivity contribution is 5.91. The van der Waals surface area contributed by atoms with Gasteiger partial charge in [0.1, 0.15) is 17.9 Å². The van der Waals surface area contributed by atoms with Crippen LogP contribution in [-0.4, -0.2) is 10.9 Å². The summed E-state index contributed by atoms with van der Waals surface area (Å²) in [7, 11) is 0. The predicted molar refractivity (Wildman–Crippen MR) is 91.1 cm³/mol. The zero-order chi connectivity index (χ0) is 18.5. The number of rotatable bonds is 6. The maximum Gasteiger partial charge on any atom is 0.273 e. The number of carbonyl (C=O) groups excluding carboxylic acids is 1. The van der Waals surface area contributed by atoms with Crippen molar-refractivity contribution in [1.29, 1.82) is 0 Å². The molecule has 1 aromatic heterocycles. The second-order valence-corrected chi connectivity index (χ2v) is 5.79. The van der Waals surface area contributed by atoms with Gasteiger partial charge in [0.05, 0.1) is 6.04 Å². The predicted octanol–water partition coefficient (Wildman–Crippen LogP) is 3.13. The van der Waals surface area contributed by atoms with Crippen LogP contribution in [0.3, 0.4) is 0 Å². The molecule has 7 heteroatoms. The van der Waals surface area contributed by atoms with Crippen molar-refractivity contribution in [3.8, 4) is 0 Å². The molecule has 0 spiro atoms. The number of nitrogens with zero attached hydrogens (tertiary/aromatic N) is 1. The first-order valence-electron chi connectivity index (χ1n) is 8.00. The molecule has 0 saturated heterocycles. The van der Waals surface area contributed by atoms with Gasteiger partial charge in [-0.1, -0.05) is 36.4 Å². The number of hydrogen-bond donors (Lipinski definition) is 2. The van der Waals surface area contributed by atoms with E-state index in [1.165, 1.54) is 12.3 Å². The van der Waals surface area contributed by atoms with E-state index in [-0.39, 0.29) is 23.7 Å². The van der Waals surface area contributed by atoms with Crippen molar-refractivity contribution in [2.75, 3.05) is 0 Å². The molecule has 3 rings (SSSR count). The van der Waals surface area contributed by atoms with Gasteiger partial charge in [-0.05, 0) is 18.1 Å². The van der Waals surface area contributed by atoms with Crippen LogP contribution in [0.15, 0.2) is 59.2 Å². The molecule has 0 bridgehead atoms. The summed E-state index contributed by atoms with van der Waals surface area (Å²) in [5.74, 6) is -1.69. The molecule has 0 fully saturated rings. The van der Waals surface area contributed by atoms with Crippen molar-refractivity contribution < 1.29 is 18.0 Å². The number of nitrogens with one attached hydrogen (secondary N) is 1. The molecule has 2 aromatic carbocycles. The smallest absolute Gasteiger partial charge is 0.273 e. The Morgan fingerprint density at radius 3 is 2.69 bits per heavy atom. The molecule has 0 aliphatic carbocycles. The lowest BCUT2D eigenvalue weighted by Crippen LogP contribution is -2.24. The molecule has 5 nitrogen and oxygen atoms in total. The maximum atomic E-state index is 13.6. The number of carbonyl (C=O) groups is 1. The summed E-state index contributed by atoms with van der Waals surface area (Å²) >= 11 is 0. The third-order valence-electron chi connectivity index (χ3n) is 3.82. The van der Waals surface area contributed by atoms with Gasteiger partial charge in [0, 0.05) is 18.2 Å². The average Bonchev–Trinajstić information content (AvgIpc) is 3.12. The summed E-state index contributed by atoms with van der Waals surface area (Å²) in [6, 6.07) is 12.3. The lowest BCUT2D eigenvalue weighted by Gasteiger charge is -2.07. The number of oxazole rings is 1. The Kier molecular flexibility index (Phi) is 5.38. The fourth-order valence-electron chi connectivity index (χ4n) is 2.45. The highest BCUT2D eigenvalue weighted by Gasteiger charge is 2.17. The number of amides is 1. The molecule has 1 atom stereocenters. The number of halogens is 2. The van der Waals surface area contributed by atoms with Crippen molar-refractivity contribution in [1.82, 2.24) is 10.3 Å². The Morgan fingerprint density at radius 2 is 1.96 bits per heavy atom. The first-order valence-corrected chi connectivity index (χ1v) is 8.00. The maximum absolute atomic E-state index is 13.6. The van der Waals surface area contributed by atoms with Crippen LogP contribution in [-0.2, 0) is 13.0 Å². The first-order chi connectivity index (χ1) is 12.5. The Morgan fingerprint density at radius 1 is 1.19 bits per heavy atom. The topological polar surface area (TPSA) is 81.1 Å². The zero-order valence-electron chi connectivity index (χ0n) is 13.8. The highest BCUT2D eigenvalue weighted by Crippen LogP contribution is 2.16. The molecule has 0 radical (unpaired) electrons. The van der Waals surface area contributed by atoms with Crippen molar-refractivity contribution in [2.45, 2.75) is 19.0 Å². The van der Waals surface area contributed by atoms with Gasteiger partial charge in [-0.15, -0.1) is 0 Å². The number of aromatic nitrogens is 1. The van der Waals surface area contributed by atoms with Gasteiger partial charge in [-0.3, -0.25) is 4.79 Å². The van der Waals surface area contributed by atoms with Crippen molar-refractivity contribution >= 4 is 5.91 Å². The molecule has 1 unspecified atom stereocenters. The summed E-state index contributed by atoms with van der Waals surface area (Å²) in [6.45, 7) is -0.0940. The van der Waals surface area contributed by atoms with Crippen LogP contribution in [0.2, 0.25) is 0 Å². The van der Waals surface area contributed by atoms with Gasteiger partial charge in [0.15, 0.2) is 5.69 Å². The molecule has 1 heterocycles. The van der Waals surface area contributed by atoms with Crippen LogP contribution in [0.1, 0.15) is 33.5 Å². The molecule has 26 heavy (non-hydrogen) atoms. The largest absolute Gasteiger partial charge is 0.446 e. The van der Waals surface area contributed by atoms with Crippen LogP contribution in [0.4, 0.5) is 8.78 Å². The molecule has 134 valence electrons. The average molecular weight is 357 g/mol. The number of benzene rings is 2. The minimum absolute atomic E-state index is 0.0473. The fraction of sp³-hybridized carbons (Fsp3) is 0.158. The number of nitrogens with two attached hydrogens (primary N) is 1. The Hall–Kier alpha value is -3.06. The van der Waals surface area contributed by atoms with Gasteiger partial charge in [0.2, 0.25) is 5.89 Å². The van der Waals surface area contributed by atoms with E-state index in [0.29, 0.717) is 6.42 Å². The van der Waals surface area contributed by atoms with Crippen molar-refractivity contribution in [3.05, 3.63) is 89.1 Å². The summed E-state index contributed by atoms with van der Waals surface area (Å²) in [6.07, 6.45) is 1.72. The van der Waals surface area contributed by atoms with E-state index >= 15 is 0 Å². The van der Waals surface area contributed by atoms with Crippen LogP contribution < -0.4 is 11.1 Å². The SMILES string of the molecule is NC(Cc1ccccc1)c1nc(C(=O)NCc2ccc(F)cc2F)co1. The molecule has 0 saturated carbocycles. The quantitative estimate of drug-likeness (QED) is 0.710. The normalized spacial score (nSPS) is 12.0. The zero-order valence-corrected chi connectivity index (χ0v) is 13.8. The van der Waals surface area contributed by atoms with Crippen LogP contribution in [0.5, 0.6) is 0 Å². The summed E-state index contributed by atoms with van der Waals surface area (Å²) < 4.78 is 31.8. The van der Waals surface area contributed by atoms with Crippen LogP contribution in [0, 0.1) is 11.6 Å². The van der Waals surface area contributed by atoms with E-state index in [0.717, 1.165) is 17.7 Å².